The predicted molar refractivity (Wildman–Crippen MR) is 66.2 cm³/mol. The van der Waals surface area contributed by atoms with Gasteiger partial charge in [-0.15, -0.1) is 0 Å². The van der Waals surface area contributed by atoms with Gasteiger partial charge in [0.1, 0.15) is 0 Å². The fraction of sp³-hybridized carbons (Fsp3) is 0.900. The van der Waals surface area contributed by atoms with Gasteiger partial charge in [-0.3, -0.25) is 0 Å². The molecule has 0 radical (unpaired) electrons. The molecule has 0 aliphatic heterocycles. The van der Waals surface area contributed by atoms with Crippen LogP contribution in [0.3, 0.4) is 0 Å². The van der Waals surface area contributed by atoms with Crippen molar-refractivity contribution >= 4 is 17.2 Å². The maximum Gasteiger partial charge on any atom is 0.0740 e. The molecule has 0 amide bonds. The van der Waals surface area contributed by atoms with E-state index in [-0.39, 0.29) is 0 Å². The van der Waals surface area contributed by atoms with Crippen LogP contribution in [0, 0.1) is 0 Å². The van der Waals surface area contributed by atoms with Crippen molar-refractivity contribution in [3.8, 4) is 0 Å². The number of thiocarbonyl (C=S) groups is 1. The minimum absolute atomic E-state index is 0.578. The highest BCUT2D eigenvalue weighted by Gasteiger charge is 2.02. The molecule has 0 atom stereocenters. The molecule has 5 heteroatoms. The summed E-state index contributed by atoms with van der Waals surface area (Å²) < 4.78 is 10.3. The lowest BCUT2D eigenvalue weighted by Crippen LogP contribution is -2.30. The van der Waals surface area contributed by atoms with Gasteiger partial charge >= 0.3 is 0 Å². The summed E-state index contributed by atoms with van der Waals surface area (Å²) >= 11 is 4.84. The normalized spacial score (nSPS) is 10.9. The maximum absolute atomic E-state index is 5.45. The van der Waals surface area contributed by atoms with E-state index in [1.165, 1.54) is 0 Å². The topological polar surface area (TPSA) is 47.7 Å². The molecule has 0 aromatic heterocycles. The van der Waals surface area contributed by atoms with Gasteiger partial charge < -0.3 is 20.1 Å². The number of nitrogens with zero attached hydrogens (tertiary/aromatic N) is 1. The first kappa shape index (κ1) is 14.8. The molecule has 0 saturated heterocycles. The fourth-order valence-electron chi connectivity index (χ4n) is 1.13. The van der Waals surface area contributed by atoms with Crippen LogP contribution in [0.2, 0.25) is 0 Å². The van der Waals surface area contributed by atoms with E-state index in [9.17, 15) is 0 Å². The highest BCUT2D eigenvalue weighted by molar-refractivity contribution is 7.80. The number of hydrogen-bond acceptors (Lipinski definition) is 4. The third-order valence-corrected chi connectivity index (χ3v) is 2.31. The Morgan fingerprint density at radius 3 is 2.53 bits per heavy atom. The zero-order valence-corrected chi connectivity index (χ0v) is 10.5. The lowest BCUT2D eigenvalue weighted by molar-refractivity contribution is 0.0583. The van der Waals surface area contributed by atoms with Crippen LogP contribution >= 0.6 is 12.2 Å². The molecule has 2 N–H and O–H groups in total. The van der Waals surface area contributed by atoms with Crippen LogP contribution in [0.4, 0.5) is 0 Å². The fourth-order valence-corrected chi connectivity index (χ4v) is 1.23. The van der Waals surface area contributed by atoms with E-state index < -0.39 is 0 Å². The van der Waals surface area contributed by atoms with E-state index in [0.29, 0.717) is 18.2 Å². The molecule has 0 heterocycles. The highest BCUT2D eigenvalue weighted by atomic mass is 32.1. The van der Waals surface area contributed by atoms with E-state index in [1.807, 2.05) is 0 Å². The monoisotopic (exact) mass is 234 g/mol. The zero-order valence-electron chi connectivity index (χ0n) is 9.70. The molecule has 0 aliphatic carbocycles. The molecule has 4 nitrogen and oxygen atoms in total. The maximum atomic E-state index is 5.45. The summed E-state index contributed by atoms with van der Waals surface area (Å²) in [6.45, 7) is 6.99. The molecule has 0 aliphatic rings. The third kappa shape index (κ3) is 10.1. The Bertz CT molecular complexity index is 168. The average molecular weight is 234 g/mol. The molecule has 90 valence electrons. The molecule has 0 aromatic carbocycles. The van der Waals surface area contributed by atoms with E-state index >= 15 is 0 Å². The minimum Gasteiger partial charge on any atom is -0.393 e. The number of rotatable bonds is 10. The predicted octanol–water partition coefficient (Wildman–Crippen LogP) is 0.648. The Hall–Kier alpha value is -0.230. The van der Waals surface area contributed by atoms with Crippen molar-refractivity contribution in [3.05, 3.63) is 0 Å². The van der Waals surface area contributed by atoms with Crippen LogP contribution in [0.25, 0.3) is 0 Å². The molecular weight excluding hydrogens is 212 g/mol. The SMILES string of the molecule is CCN(CCOCCOC)CCC(N)=S. The zero-order chi connectivity index (χ0) is 11.5. The third-order valence-electron chi connectivity index (χ3n) is 2.11. The van der Waals surface area contributed by atoms with Gasteiger partial charge in [0.15, 0.2) is 0 Å². The van der Waals surface area contributed by atoms with Gasteiger partial charge in [0.2, 0.25) is 0 Å². The molecule has 0 unspecified atom stereocenters. The first-order valence-electron chi connectivity index (χ1n) is 5.28. The van der Waals surface area contributed by atoms with Crippen LogP contribution < -0.4 is 5.73 Å². The Balaban J connectivity index is 3.40. The molecule has 0 saturated carbocycles. The number of hydrogen-bond donors (Lipinski definition) is 1. The number of likely N-dealkylation sites (N-methyl/N-ethyl adjacent to an activating group) is 1. The van der Waals surface area contributed by atoms with Crippen molar-refractivity contribution in [1.82, 2.24) is 4.90 Å². The highest BCUT2D eigenvalue weighted by Crippen LogP contribution is 1.92. The van der Waals surface area contributed by atoms with Crippen molar-refractivity contribution < 1.29 is 9.47 Å². The van der Waals surface area contributed by atoms with Gasteiger partial charge in [0.05, 0.1) is 24.8 Å². The average Bonchev–Trinajstić information content (AvgIpc) is 2.22. The lowest BCUT2D eigenvalue weighted by Gasteiger charge is -2.19. The number of methoxy groups -OCH3 is 1. The lowest BCUT2D eigenvalue weighted by atomic mass is 10.3. The molecule has 0 aromatic rings. The van der Waals surface area contributed by atoms with Crippen LogP contribution in [0.5, 0.6) is 0 Å². The van der Waals surface area contributed by atoms with Gasteiger partial charge in [0.25, 0.3) is 0 Å². The van der Waals surface area contributed by atoms with Crippen molar-refractivity contribution in [2.45, 2.75) is 13.3 Å². The van der Waals surface area contributed by atoms with Gasteiger partial charge in [-0.05, 0) is 6.54 Å². The van der Waals surface area contributed by atoms with Gasteiger partial charge in [0, 0.05) is 26.6 Å². The summed E-state index contributed by atoms with van der Waals surface area (Å²) in [5.41, 5.74) is 5.45. The summed E-state index contributed by atoms with van der Waals surface area (Å²) in [7, 11) is 1.67. The number of ether oxygens (including phenoxy) is 2. The van der Waals surface area contributed by atoms with Crippen LogP contribution in [-0.4, -0.2) is 56.5 Å². The molecule has 15 heavy (non-hydrogen) atoms. The minimum atomic E-state index is 0.578. The van der Waals surface area contributed by atoms with Gasteiger partial charge in [-0.1, -0.05) is 19.1 Å². The largest absolute Gasteiger partial charge is 0.393 e. The second-order valence-corrected chi connectivity index (χ2v) is 3.78. The summed E-state index contributed by atoms with van der Waals surface area (Å²) in [6.07, 6.45) is 0.779. The molecule has 0 bridgehead atoms. The first-order chi connectivity index (χ1) is 7.20. The smallest absolute Gasteiger partial charge is 0.0740 e. The van der Waals surface area contributed by atoms with Crippen LogP contribution in [-0.2, 0) is 9.47 Å². The van der Waals surface area contributed by atoms with Gasteiger partial charge in [-0.25, -0.2) is 0 Å². The molecule has 0 fully saturated rings. The van der Waals surface area contributed by atoms with Crippen LogP contribution in [0.1, 0.15) is 13.3 Å². The Morgan fingerprint density at radius 1 is 1.27 bits per heavy atom. The summed E-state index contributed by atoms with van der Waals surface area (Å²) in [4.78, 5) is 2.85. The van der Waals surface area contributed by atoms with E-state index in [1.54, 1.807) is 7.11 Å². The first-order valence-corrected chi connectivity index (χ1v) is 5.68. The Morgan fingerprint density at radius 2 is 2.00 bits per heavy atom. The quantitative estimate of drug-likeness (QED) is 0.444. The molecule has 0 spiro atoms. The Kier molecular flexibility index (Phi) is 10.1. The van der Waals surface area contributed by atoms with Crippen LogP contribution in [0.15, 0.2) is 0 Å². The van der Waals surface area contributed by atoms with E-state index in [4.69, 9.17) is 27.4 Å². The van der Waals surface area contributed by atoms with Crippen molar-refractivity contribution in [1.29, 1.82) is 0 Å². The van der Waals surface area contributed by atoms with E-state index in [2.05, 4.69) is 11.8 Å². The summed E-state index contributed by atoms with van der Waals surface area (Å²) in [5, 5.41) is 0. The molecular formula is C10H22N2O2S. The standard InChI is InChI=1S/C10H22N2O2S/c1-3-12(5-4-10(11)15)6-7-14-9-8-13-2/h3-9H2,1-2H3,(H2,11,15). The number of nitrogens with two attached hydrogens (primary N) is 1. The van der Waals surface area contributed by atoms with Crippen molar-refractivity contribution in [2.24, 2.45) is 5.73 Å². The van der Waals surface area contributed by atoms with Crippen molar-refractivity contribution in [2.75, 3.05) is 46.6 Å². The van der Waals surface area contributed by atoms with Gasteiger partial charge in [-0.2, -0.15) is 0 Å². The second kappa shape index (κ2) is 10.3. The molecule has 0 rings (SSSR count). The van der Waals surface area contributed by atoms with Crippen molar-refractivity contribution in [3.63, 3.8) is 0 Å². The summed E-state index contributed by atoms with van der Waals surface area (Å²) in [5.74, 6) is 0. The Labute approximate surface area is 97.7 Å². The second-order valence-electron chi connectivity index (χ2n) is 3.26. The summed E-state index contributed by atoms with van der Waals surface area (Å²) in [6, 6.07) is 0. The van der Waals surface area contributed by atoms with E-state index in [0.717, 1.165) is 32.7 Å².